The summed E-state index contributed by atoms with van der Waals surface area (Å²) < 4.78 is 5.55. The molecule has 0 bridgehead atoms. The smallest absolute Gasteiger partial charge is 0.333 e. The predicted molar refractivity (Wildman–Crippen MR) is 126 cm³/mol. The molecule has 0 spiro atoms. The van der Waals surface area contributed by atoms with E-state index in [-0.39, 0.29) is 18.4 Å². The number of amidine groups is 1. The van der Waals surface area contributed by atoms with Crippen molar-refractivity contribution in [1.29, 1.82) is 10.8 Å². The first-order chi connectivity index (χ1) is 15.8. The summed E-state index contributed by atoms with van der Waals surface area (Å²) in [6, 6.07) is 14.4. The van der Waals surface area contributed by atoms with Crippen molar-refractivity contribution < 1.29 is 14.3 Å². The molecule has 3 rings (SSSR count). The van der Waals surface area contributed by atoms with Crippen LogP contribution in [0.5, 0.6) is 0 Å². The summed E-state index contributed by atoms with van der Waals surface area (Å²) in [6.45, 7) is 1.72. The number of hydrogen-bond acceptors (Lipinski definition) is 5. The number of nitrogens with zero attached hydrogens (tertiary/aromatic N) is 1. The summed E-state index contributed by atoms with van der Waals surface area (Å²) in [7, 11) is 0. The highest BCUT2D eigenvalue weighted by Gasteiger charge is 2.26. The number of nitrogens with two attached hydrogens (primary N) is 2. The Morgan fingerprint density at radius 2 is 1.70 bits per heavy atom. The minimum atomic E-state index is -0.959. The highest BCUT2D eigenvalue weighted by atomic mass is 16.5. The van der Waals surface area contributed by atoms with E-state index in [0.717, 1.165) is 25.9 Å². The number of carbonyl (C=O) groups is 2. The molecule has 0 unspecified atom stereocenters. The van der Waals surface area contributed by atoms with E-state index >= 15 is 0 Å². The maximum absolute atomic E-state index is 12.9. The molecule has 1 aliphatic heterocycles. The fourth-order valence-electron chi connectivity index (χ4n) is 3.84. The molecule has 33 heavy (non-hydrogen) atoms. The standard InChI is InChI=1S/C24H30N6O3/c25-21(26)18-7-4-8-19(15-18)22(31)29-20(17-5-2-1-3-6-17)23(32)33-14-11-16-9-12-30(13-10-16)24(27)28/h1-8,15-16,20H,9-14H2,(H3,25,26)(H3,27,28)(H,29,31)/t20-/m1/s1. The summed E-state index contributed by atoms with van der Waals surface area (Å²) in [5.74, 6) is -0.639. The van der Waals surface area contributed by atoms with Crippen molar-refractivity contribution in [1.82, 2.24) is 10.2 Å². The van der Waals surface area contributed by atoms with Gasteiger partial charge in [-0.1, -0.05) is 42.5 Å². The molecule has 0 aromatic heterocycles. The van der Waals surface area contributed by atoms with Gasteiger partial charge >= 0.3 is 5.97 Å². The number of nitrogens with one attached hydrogen (secondary N) is 3. The van der Waals surface area contributed by atoms with Crippen LogP contribution in [0.2, 0.25) is 0 Å². The van der Waals surface area contributed by atoms with Gasteiger partial charge < -0.3 is 26.4 Å². The zero-order chi connectivity index (χ0) is 23.8. The van der Waals surface area contributed by atoms with Crippen LogP contribution < -0.4 is 16.8 Å². The maximum atomic E-state index is 12.9. The lowest BCUT2D eigenvalue weighted by Crippen LogP contribution is -2.42. The molecule has 9 heteroatoms. The van der Waals surface area contributed by atoms with Crippen molar-refractivity contribution in [3.05, 3.63) is 71.3 Å². The predicted octanol–water partition coefficient (Wildman–Crippen LogP) is 1.98. The number of carbonyl (C=O) groups excluding carboxylic acids is 2. The lowest BCUT2D eigenvalue weighted by Gasteiger charge is -2.32. The fourth-order valence-corrected chi connectivity index (χ4v) is 3.84. The van der Waals surface area contributed by atoms with Crippen molar-refractivity contribution in [2.24, 2.45) is 17.4 Å². The first kappa shape index (κ1) is 23.8. The molecule has 0 radical (unpaired) electrons. The number of guanidine groups is 1. The third kappa shape index (κ3) is 6.55. The number of nitrogen functional groups attached to an aromatic ring is 1. The van der Waals surface area contributed by atoms with Gasteiger partial charge in [-0.3, -0.25) is 15.6 Å². The summed E-state index contributed by atoms with van der Waals surface area (Å²) >= 11 is 0. The molecule has 2 aromatic carbocycles. The third-order valence-corrected chi connectivity index (χ3v) is 5.81. The number of esters is 1. The van der Waals surface area contributed by atoms with Gasteiger partial charge in [0.15, 0.2) is 12.0 Å². The molecule has 0 saturated carbocycles. The molecule has 1 aliphatic rings. The van der Waals surface area contributed by atoms with Crippen LogP contribution in [0.3, 0.4) is 0 Å². The summed E-state index contributed by atoms with van der Waals surface area (Å²) in [5, 5.41) is 17.8. The molecule has 1 atom stereocenters. The van der Waals surface area contributed by atoms with E-state index in [4.69, 9.17) is 27.0 Å². The Hall–Kier alpha value is -3.88. The number of ether oxygens (including phenoxy) is 1. The van der Waals surface area contributed by atoms with Gasteiger partial charge in [0.2, 0.25) is 0 Å². The second kappa shape index (κ2) is 11.1. The minimum Gasteiger partial charge on any atom is -0.464 e. The molecule has 0 aliphatic carbocycles. The molecule has 1 saturated heterocycles. The molecule has 1 amide bonds. The van der Waals surface area contributed by atoms with E-state index < -0.39 is 17.9 Å². The zero-order valence-corrected chi connectivity index (χ0v) is 18.4. The van der Waals surface area contributed by atoms with Gasteiger partial charge in [-0.2, -0.15) is 0 Å². The highest BCUT2D eigenvalue weighted by molar-refractivity contribution is 6.01. The van der Waals surface area contributed by atoms with Gasteiger partial charge in [-0.25, -0.2) is 4.79 Å². The number of rotatable bonds is 8. The average Bonchev–Trinajstić information content (AvgIpc) is 2.83. The molecule has 1 heterocycles. The average molecular weight is 451 g/mol. The van der Waals surface area contributed by atoms with E-state index in [1.54, 1.807) is 42.5 Å². The number of piperidine rings is 1. The zero-order valence-electron chi connectivity index (χ0n) is 18.4. The Kier molecular flexibility index (Phi) is 8.01. The van der Waals surface area contributed by atoms with Crippen LogP contribution in [0.1, 0.15) is 46.8 Å². The SMILES string of the molecule is N=C(N)c1cccc(C(=O)N[C@@H](C(=O)OCCC2CCN(C(=N)N)CC2)c2ccccc2)c1. The van der Waals surface area contributed by atoms with Crippen molar-refractivity contribution in [3.63, 3.8) is 0 Å². The number of hydrogen-bond donors (Lipinski definition) is 5. The summed E-state index contributed by atoms with van der Waals surface area (Å²) in [6.07, 6.45) is 2.50. The van der Waals surface area contributed by atoms with Crippen molar-refractivity contribution in [3.8, 4) is 0 Å². The van der Waals surface area contributed by atoms with Crippen LogP contribution in [0.25, 0.3) is 0 Å². The number of benzene rings is 2. The maximum Gasteiger partial charge on any atom is 0.333 e. The topological polar surface area (TPSA) is 158 Å². The monoisotopic (exact) mass is 450 g/mol. The van der Waals surface area contributed by atoms with Crippen LogP contribution in [0, 0.1) is 16.7 Å². The van der Waals surface area contributed by atoms with Crippen LogP contribution in [-0.4, -0.2) is 48.3 Å². The van der Waals surface area contributed by atoms with Gasteiger partial charge in [0.1, 0.15) is 5.84 Å². The fraction of sp³-hybridized carbons (Fsp3) is 0.333. The molecule has 9 nitrogen and oxygen atoms in total. The van der Waals surface area contributed by atoms with E-state index in [1.165, 1.54) is 6.07 Å². The quantitative estimate of drug-likeness (QED) is 0.235. The first-order valence-corrected chi connectivity index (χ1v) is 10.9. The Labute approximate surface area is 193 Å². The number of amides is 1. The Morgan fingerprint density at radius 1 is 1.03 bits per heavy atom. The van der Waals surface area contributed by atoms with Crippen LogP contribution in [0.4, 0.5) is 0 Å². The second-order valence-electron chi connectivity index (χ2n) is 8.08. The van der Waals surface area contributed by atoms with Crippen molar-refractivity contribution in [2.75, 3.05) is 19.7 Å². The van der Waals surface area contributed by atoms with Gasteiger partial charge in [0.05, 0.1) is 6.61 Å². The molecule has 7 N–H and O–H groups in total. The van der Waals surface area contributed by atoms with Crippen LogP contribution in [0.15, 0.2) is 54.6 Å². The van der Waals surface area contributed by atoms with Gasteiger partial charge in [-0.05, 0) is 42.9 Å². The molecular formula is C24H30N6O3. The highest BCUT2D eigenvalue weighted by Crippen LogP contribution is 2.21. The number of likely N-dealkylation sites (tertiary alicyclic amines) is 1. The Balaban J connectivity index is 1.62. The van der Waals surface area contributed by atoms with E-state index in [0.29, 0.717) is 29.0 Å². The second-order valence-corrected chi connectivity index (χ2v) is 8.08. The normalized spacial score (nSPS) is 14.8. The Bertz CT molecular complexity index is 1000. The summed E-state index contributed by atoms with van der Waals surface area (Å²) in [5.41, 5.74) is 12.4. The Morgan fingerprint density at radius 3 is 2.33 bits per heavy atom. The molecule has 2 aromatic rings. The molecule has 174 valence electrons. The lowest BCUT2D eigenvalue weighted by atomic mass is 9.94. The lowest BCUT2D eigenvalue weighted by molar-refractivity contribution is -0.146. The first-order valence-electron chi connectivity index (χ1n) is 10.9. The van der Waals surface area contributed by atoms with Gasteiger partial charge in [0, 0.05) is 24.2 Å². The van der Waals surface area contributed by atoms with Crippen molar-refractivity contribution in [2.45, 2.75) is 25.3 Å². The van der Waals surface area contributed by atoms with E-state index in [1.807, 2.05) is 11.0 Å². The van der Waals surface area contributed by atoms with Crippen LogP contribution >= 0.6 is 0 Å². The largest absolute Gasteiger partial charge is 0.464 e. The van der Waals surface area contributed by atoms with Gasteiger partial charge in [-0.15, -0.1) is 0 Å². The van der Waals surface area contributed by atoms with Gasteiger partial charge in [0.25, 0.3) is 5.91 Å². The molecule has 1 fully saturated rings. The summed E-state index contributed by atoms with van der Waals surface area (Å²) in [4.78, 5) is 27.6. The van der Waals surface area contributed by atoms with E-state index in [9.17, 15) is 9.59 Å². The van der Waals surface area contributed by atoms with Crippen molar-refractivity contribution >= 4 is 23.7 Å². The third-order valence-electron chi connectivity index (χ3n) is 5.81. The van der Waals surface area contributed by atoms with E-state index in [2.05, 4.69) is 5.32 Å². The molecular weight excluding hydrogens is 420 g/mol. The minimum absolute atomic E-state index is 0.0927. The van der Waals surface area contributed by atoms with Crippen LogP contribution in [-0.2, 0) is 9.53 Å².